The molecule has 59 heavy (non-hydrogen) atoms. The van der Waals surface area contributed by atoms with Crippen LogP contribution in [0.5, 0.6) is 0 Å². The lowest BCUT2D eigenvalue weighted by molar-refractivity contribution is 1.28. The zero-order valence-electron chi connectivity index (χ0n) is 32.5. The van der Waals surface area contributed by atoms with Crippen LogP contribution < -0.4 is 4.90 Å². The van der Waals surface area contributed by atoms with E-state index in [0.717, 1.165) is 17.1 Å². The average molecular weight is 750 g/mol. The molecular formula is C58H39N. The van der Waals surface area contributed by atoms with Crippen LogP contribution in [0, 0.1) is 0 Å². The van der Waals surface area contributed by atoms with E-state index < -0.39 is 0 Å². The maximum Gasteiger partial charge on any atom is 0.0546 e. The Kier molecular flexibility index (Phi) is 8.56. The highest BCUT2D eigenvalue weighted by atomic mass is 15.1. The summed E-state index contributed by atoms with van der Waals surface area (Å²) in [5.41, 5.74) is 12.8. The number of fused-ring (bicyclic) bond motifs is 6. The molecule has 0 saturated heterocycles. The lowest BCUT2D eigenvalue weighted by Gasteiger charge is -2.30. The van der Waals surface area contributed by atoms with Crippen molar-refractivity contribution >= 4 is 60.2 Å². The van der Waals surface area contributed by atoms with Crippen molar-refractivity contribution in [2.45, 2.75) is 0 Å². The molecule has 0 unspecified atom stereocenters. The Morgan fingerprint density at radius 3 is 1.32 bits per heavy atom. The number of hydrogen-bond acceptors (Lipinski definition) is 1. The van der Waals surface area contributed by atoms with Gasteiger partial charge in [-0.25, -0.2) is 0 Å². The maximum atomic E-state index is 2.47. The molecule has 0 N–H and O–H groups in total. The second-order valence-corrected chi connectivity index (χ2v) is 15.2. The molecule has 0 aliphatic carbocycles. The van der Waals surface area contributed by atoms with Gasteiger partial charge < -0.3 is 4.90 Å². The smallest absolute Gasteiger partial charge is 0.0546 e. The van der Waals surface area contributed by atoms with Crippen LogP contribution in [-0.4, -0.2) is 0 Å². The summed E-state index contributed by atoms with van der Waals surface area (Å²) in [6, 6.07) is 86.5. The fourth-order valence-electron chi connectivity index (χ4n) is 9.09. The quantitative estimate of drug-likeness (QED) is 0.147. The monoisotopic (exact) mass is 749 g/mol. The number of anilines is 3. The van der Waals surface area contributed by atoms with Gasteiger partial charge in [-0.3, -0.25) is 0 Å². The van der Waals surface area contributed by atoms with E-state index in [2.05, 4.69) is 241 Å². The van der Waals surface area contributed by atoms with E-state index in [1.54, 1.807) is 0 Å². The highest BCUT2D eigenvalue weighted by Crippen LogP contribution is 2.50. The predicted molar refractivity (Wildman–Crippen MR) is 253 cm³/mol. The molecule has 0 bridgehead atoms. The highest BCUT2D eigenvalue weighted by molar-refractivity contribution is 6.19. The molecule has 276 valence electrons. The molecule has 0 aromatic heterocycles. The van der Waals surface area contributed by atoms with Gasteiger partial charge in [0, 0.05) is 16.9 Å². The Morgan fingerprint density at radius 1 is 0.237 bits per heavy atom. The summed E-state index contributed by atoms with van der Waals surface area (Å²) in [7, 11) is 0. The number of benzene rings is 11. The van der Waals surface area contributed by atoms with E-state index in [-0.39, 0.29) is 0 Å². The van der Waals surface area contributed by atoms with Crippen molar-refractivity contribution in [2.75, 3.05) is 4.90 Å². The second-order valence-electron chi connectivity index (χ2n) is 15.2. The van der Waals surface area contributed by atoms with E-state index >= 15 is 0 Å². The summed E-state index contributed by atoms with van der Waals surface area (Å²) in [5.74, 6) is 0. The second kappa shape index (κ2) is 14.6. The van der Waals surface area contributed by atoms with Crippen molar-refractivity contribution < 1.29 is 0 Å². The molecule has 1 nitrogen and oxygen atoms in total. The fraction of sp³-hybridized carbons (Fsp3) is 0. The van der Waals surface area contributed by atoms with Gasteiger partial charge in [-0.1, -0.05) is 194 Å². The van der Waals surface area contributed by atoms with Crippen molar-refractivity contribution in [1.82, 2.24) is 0 Å². The zero-order valence-corrected chi connectivity index (χ0v) is 32.5. The standard InChI is InChI=1S/C58H39N/c1-3-17-40(18-4-1)42-33-35-46(36-34-42)59(47-24-15-23-43(37-47)41-19-5-2-6-20-41)57-32-16-31-54(55-38-44-21-7-9-25-48(44)50-27-11-13-29-52(50)55)58(57)56-39-45-22-8-10-26-49(45)51-28-12-14-30-53(51)56/h1-39H. The van der Waals surface area contributed by atoms with E-state index in [0.29, 0.717) is 0 Å². The van der Waals surface area contributed by atoms with Gasteiger partial charge in [-0.2, -0.15) is 0 Å². The van der Waals surface area contributed by atoms with Crippen LogP contribution in [0.25, 0.3) is 87.6 Å². The zero-order chi connectivity index (χ0) is 39.1. The molecule has 0 radical (unpaired) electrons. The van der Waals surface area contributed by atoms with Gasteiger partial charge in [-0.15, -0.1) is 0 Å². The molecule has 11 rings (SSSR count). The number of rotatable bonds is 7. The summed E-state index contributed by atoms with van der Waals surface area (Å²) in [4.78, 5) is 2.47. The Labute approximate surface area is 344 Å². The number of nitrogens with zero attached hydrogens (tertiary/aromatic N) is 1. The van der Waals surface area contributed by atoms with Gasteiger partial charge in [0.05, 0.1) is 5.69 Å². The third-order valence-electron chi connectivity index (χ3n) is 11.8. The van der Waals surface area contributed by atoms with Crippen LogP contribution in [0.15, 0.2) is 237 Å². The molecule has 1 heteroatoms. The Bertz CT molecular complexity index is 3310. The molecule has 0 spiro atoms. The lowest BCUT2D eigenvalue weighted by Crippen LogP contribution is -2.12. The molecule has 0 heterocycles. The minimum absolute atomic E-state index is 1.08. The van der Waals surface area contributed by atoms with Crippen molar-refractivity contribution in [3.63, 3.8) is 0 Å². The molecule has 0 fully saturated rings. The molecule has 0 atom stereocenters. The van der Waals surface area contributed by atoms with Crippen LogP contribution >= 0.6 is 0 Å². The summed E-state index contributed by atoms with van der Waals surface area (Å²) >= 11 is 0. The molecule has 0 aliphatic heterocycles. The lowest BCUT2D eigenvalue weighted by atomic mass is 9.85. The van der Waals surface area contributed by atoms with E-state index in [1.807, 2.05) is 0 Å². The first-order valence-corrected chi connectivity index (χ1v) is 20.3. The summed E-state index contributed by atoms with van der Waals surface area (Å²) in [6.07, 6.45) is 0. The normalized spacial score (nSPS) is 11.4. The third kappa shape index (κ3) is 6.12. The number of hydrogen-bond donors (Lipinski definition) is 0. The summed E-state index contributed by atoms with van der Waals surface area (Å²) in [5, 5.41) is 9.92. The minimum Gasteiger partial charge on any atom is -0.310 e. The topological polar surface area (TPSA) is 3.24 Å². The maximum absolute atomic E-state index is 2.47. The van der Waals surface area contributed by atoms with Crippen molar-refractivity contribution in [3.8, 4) is 44.5 Å². The minimum atomic E-state index is 1.08. The highest BCUT2D eigenvalue weighted by Gasteiger charge is 2.24. The fourth-order valence-corrected chi connectivity index (χ4v) is 9.09. The van der Waals surface area contributed by atoms with Crippen LogP contribution in [0.4, 0.5) is 17.1 Å². The van der Waals surface area contributed by atoms with Crippen molar-refractivity contribution in [1.29, 1.82) is 0 Å². The Balaban J connectivity index is 1.25. The van der Waals surface area contributed by atoms with Gasteiger partial charge >= 0.3 is 0 Å². The molecule has 0 saturated carbocycles. The van der Waals surface area contributed by atoms with Crippen LogP contribution in [0.3, 0.4) is 0 Å². The van der Waals surface area contributed by atoms with Gasteiger partial charge in [-0.05, 0) is 124 Å². The van der Waals surface area contributed by atoms with Crippen LogP contribution in [-0.2, 0) is 0 Å². The van der Waals surface area contributed by atoms with Gasteiger partial charge in [0.2, 0.25) is 0 Å². The summed E-state index contributed by atoms with van der Waals surface area (Å²) < 4.78 is 0. The van der Waals surface area contributed by atoms with Crippen molar-refractivity contribution in [2.24, 2.45) is 0 Å². The molecule has 11 aromatic carbocycles. The van der Waals surface area contributed by atoms with Gasteiger partial charge in [0.15, 0.2) is 0 Å². The molecule has 11 aromatic rings. The Morgan fingerprint density at radius 2 is 0.695 bits per heavy atom. The van der Waals surface area contributed by atoms with E-state index in [1.165, 1.54) is 87.6 Å². The first-order valence-electron chi connectivity index (χ1n) is 20.3. The van der Waals surface area contributed by atoms with Crippen LogP contribution in [0.1, 0.15) is 0 Å². The van der Waals surface area contributed by atoms with E-state index in [9.17, 15) is 0 Å². The van der Waals surface area contributed by atoms with Gasteiger partial charge in [0.25, 0.3) is 0 Å². The molecule has 0 amide bonds. The van der Waals surface area contributed by atoms with Crippen LogP contribution in [0.2, 0.25) is 0 Å². The van der Waals surface area contributed by atoms with Gasteiger partial charge in [0.1, 0.15) is 0 Å². The molecule has 0 aliphatic rings. The van der Waals surface area contributed by atoms with E-state index in [4.69, 9.17) is 0 Å². The van der Waals surface area contributed by atoms with Crippen molar-refractivity contribution in [3.05, 3.63) is 237 Å². The first-order chi connectivity index (χ1) is 29.3. The SMILES string of the molecule is c1ccc(-c2ccc(N(c3cccc(-c4ccccc4)c3)c3cccc(-c4cc5ccccc5c5ccccc45)c3-c3cc4ccccc4c4ccccc34)cc2)cc1. The average Bonchev–Trinajstić information content (AvgIpc) is 3.32. The third-order valence-corrected chi connectivity index (χ3v) is 11.8. The molecular weight excluding hydrogens is 711 g/mol. The predicted octanol–water partition coefficient (Wildman–Crippen LogP) is 16.4. The Hall–Kier alpha value is -7.74. The largest absolute Gasteiger partial charge is 0.310 e. The summed E-state index contributed by atoms with van der Waals surface area (Å²) in [6.45, 7) is 0. The first kappa shape index (κ1) is 34.5.